The van der Waals surface area contributed by atoms with Crippen molar-refractivity contribution in [3.8, 4) is 0 Å². The Balaban J connectivity index is 2.07. The third kappa shape index (κ3) is 4.53. The standard InChI is InChI=1S/C23H25N3O5/c1-15(16-11-7-5-8-12-16)24-22(28)26-19(17-13-9-6-10-14-17)18(21(27)30-3)20(29-2)25-23(26)31-4/h5-15,19H,1-4H3,(H,24,28)/t15-,19?/m0/s1. The van der Waals surface area contributed by atoms with Gasteiger partial charge in [-0.15, -0.1) is 0 Å². The van der Waals surface area contributed by atoms with Gasteiger partial charge in [0, 0.05) is 0 Å². The highest BCUT2D eigenvalue weighted by Crippen LogP contribution is 2.36. The Labute approximate surface area is 181 Å². The summed E-state index contributed by atoms with van der Waals surface area (Å²) in [6.45, 7) is 1.87. The van der Waals surface area contributed by atoms with Gasteiger partial charge in [0.15, 0.2) is 0 Å². The van der Waals surface area contributed by atoms with Crippen molar-refractivity contribution in [3.05, 3.63) is 83.2 Å². The Morgan fingerprint density at radius 1 is 0.968 bits per heavy atom. The molecule has 2 aromatic rings. The minimum atomic E-state index is -0.862. The van der Waals surface area contributed by atoms with Crippen molar-refractivity contribution in [2.75, 3.05) is 21.3 Å². The summed E-state index contributed by atoms with van der Waals surface area (Å²) in [5.74, 6) is -0.628. The number of esters is 1. The van der Waals surface area contributed by atoms with Crippen molar-refractivity contribution in [2.24, 2.45) is 4.99 Å². The second-order valence-corrected chi connectivity index (χ2v) is 6.78. The lowest BCUT2D eigenvalue weighted by Gasteiger charge is -2.36. The Kier molecular flexibility index (Phi) is 6.92. The molecule has 0 saturated carbocycles. The van der Waals surface area contributed by atoms with Gasteiger partial charge in [-0.3, -0.25) is 0 Å². The van der Waals surface area contributed by atoms with E-state index >= 15 is 0 Å². The quantitative estimate of drug-likeness (QED) is 0.743. The SMILES string of the molecule is COC(=O)C1=C(OC)N=C(OC)N(C(=O)N[C@@H](C)c2ccccc2)C1c1ccccc1. The number of hydrogen-bond acceptors (Lipinski definition) is 6. The predicted octanol–water partition coefficient (Wildman–Crippen LogP) is 3.55. The van der Waals surface area contributed by atoms with Crippen molar-refractivity contribution < 1.29 is 23.8 Å². The molecule has 1 aliphatic rings. The van der Waals surface area contributed by atoms with E-state index in [-0.39, 0.29) is 23.5 Å². The summed E-state index contributed by atoms with van der Waals surface area (Å²) < 4.78 is 15.7. The van der Waals surface area contributed by atoms with Crippen molar-refractivity contribution >= 4 is 18.0 Å². The summed E-state index contributed by atoms with van der Waals surface area (Å²) in [6.07, 6.45) is 0. The van der Waals surface area contributed by atoms with Gasteiger partial charge in [0.25, 0.3) is 0 Å². The first kappa shape index (κ1) is 21.9. The van der Waals surface area contributed by atoms with Crippen molar-refractivity contribution in [1.82, 2.24) is 10.2 Å². The molecule has 0 saturated heterocycles. The van der Waals surface area contributed by atoms with Gasteiger partial charge in [0.2, 0.25) is 5.88 Å². The third-order valence-corrected chi connectivity index (χ3v) is 4.92. The van der Waals surface area contributed by atoms with Crippen LogP contribution >= 0.6 is 0 Å². The minimum Gasteiger partial charge on any atom is -0.480 e. The molecule has 1 N–H and O–H groups in total. The van der Waals surface area contributed by atoms with Gasteiger partial charge in [0.1, 0.15) is 11.6 Å². The molecule has 0 bridgehead atoms. The van der Waals surface area contributed by atoms with E-state index in [1.165, 1.54) is 26.2 Å². The number of nitrogens with one attached hydrogen (secondary N) is 1. The molecule has 162 valence electrons. The number of rotatable bonds is 5. The lowest BCUT2D eigenvalue weighted by atomic mass is 9.96. The molecule has 1 aliphatic heterocycles. The maximum atomic E-state index is 13.4. The highest BCUT2D eigenvalue weighted by molar-refractivity contribution is 6.00. The van der Waals surface area contributed by atoms with E-state index in [9.17, 15) is 9.59 Å². The van der Waals surface area contributed by atoms with Gasteiger partial charge >= 0.3 is 18.0 Å². The molecule has 0 fully saturated rings. The van der Waals surface area contributed by atoms with E-state index in [2.05, 4.69) is 10.3 Å². The van der Waals surface area contributed by atoms with Crippen molar-refractivity contribution in [2.45, 2.75) is 19.0 Å². The Morgan fingerprint density at radius 3 is 2.13 bits per heavy atom. The Bertz CT molecular complexity index is 989. The lowest BCUT2D eigenvalue weighted by molar-refractivity contribution is -0.137. The number of ether oxygens (including phenoxy) is 3. The van der Waals surface area contributed by atoms with Crippen molar-refractivity contribution in [1.29, 1.82) is 0 Å². The fraction of sp³-hybridized carbons (Fsp3) is 0.261. The largest absolute Gasteiger partial charge is 0.480 e. The zero-order valence-electron chi connectivity index (χ0n) is 17.9. The molecule has 0 spiro atoms. The van der Waals surface area contributed by atoms with Gasteiger partial charge in [0.05, 0.1) is 27.4 Å². The molecular weight excluding hydrogens is 398 g/mol. The van der Waals surface area contributed by atoms with E-state index in [0.717, 1.165) is 5.56 Å². The first-order chi connectivity index (χ1) is 15.0. The Hall–Kier alpha value is -3.81. The molecule has 0 radical (unpaired) electrons. The van der Waals surface area contributed by atoms with Gasteiger partial charge in [-0.05, 0) is 18.1 Å². The molecule has 2 amide bonds. The average molecular weight is 423 g/mol. The topological polar surface area (TPSA) is 89.5 Å². The molecule has 2 atom stereocenters. The fourth-order valence-corrected chi connectivity index (χ4v) is 3.40. The number of methoxy groups -OCH3 is 3. The van der Waals surface area contributed by atoms with Crippen LogP contribution in [0.25, 0.3) is 0 Å². The molecule has 2 aromatic carbocycles. The first-order valence-electron chi connectivity index (χ1n) is 9.70. The molecule has 1 unspecified atom stereocenters. The zero-order valence-corrected chi connectivity index (χ0v) is 17.9. The number of aliphatic imine (C=N–C) groups is 1. The van der Waals surface area contributed by atoms with Crippen LogP contribution in [-0.4, -0.2) is 44.3 Å². The first-order valence-corrected chi connectivity index (χ1v) is 9.70. The second-order valence-electron chi connectivity index (χ2n) is 6.78. The molecule has 3 rings (SSSR count). The summed E-state index contributed by atoms with van der Waals surface area (Å²) in [7, 11) is 4.06. The van der Waals surface area contributed by atoms with Gasteiger partial charge in [-0.25, -0.2) is 14.5 Å². The van der Waals surface area contributed by atoms with Crippen LogP contribution in [-0.2, 0) is 19.0 Å². The van der Waals surface area contributed by atoms with Crippen LogP contribution in [0.1, 0.15) is 30.1 Å². The number of carbonyl (C=O) groups excluding carboxylic acids is 2. The fourth-order valence-electron chi connectivity index (χ4n) is 3.40. The van der Waals surface area contributed by atoms with E-state index < -0.39 is 18.0 Å². The molecule has 0 aromatic heterocycles. The summed E-state index contributed by atoms with van der Waals surface area (Å²) in [4.78, 5) is 31.7. The summed E-state index contributed by atoms with van der Waals surface area (Å²) in [5, 5.41) is 2.95. The molecular formula is C23H25N3O5. The summed E-state index contributed by atoms with van der Waals surface area (Å²) in [5.41, 5.74) is 1.70. The van der Waals surface area contributed by atoms with Gasteiger partial charge < -0.3 is 19.5 Å². The predicted molar refractivity (Wildman–Crippen MR) is 115 cm³/mol. The smallest absolute Gasteiger partial charge is 0.341 e. The van der Waals surface area contributed by atoms with E-state index in [4.69, 9.17) is 14.2 Å². The van der Waals surface area contributed by atoms with Crippen LogP contribution in [0.2, 0.25) is 0 Å². The molecule has 1 heterocycles. The van der Waals surface area contributed by atoms with E-state index in [0.29, 0.717) is 5.56 Å². The third-order valence-electron chi connectivity index (χ3n) is 4.92. The van der Waals surface area contributed by atoms with Crippen LogP contribution in [0, 0.1) is 0 Å². The van der Waals surface area contributed by atoms with Crippen molar-refractivity contribution in [3.63, 3.8) is 0 Å². The number of carbonyl (C=O) groups is 2. The monoisotopic (exact) mass is 423 g/mol. The maximum Gasteiger partial charge on any atom is 0.341 e. The number of benzene rings is 2. The summed E-state index contributed by atoms with van der Waals surface area (Å²) >= 11 is 0. The molecule has 31 heavy (non-hydrogen) atoms. The van der Waals surface area contributed by atoms with Gasteiger partial charge in [-0.2, -0.15) is 4.99 Å². The van der Waals surface area contributed by atoms with Gasteiger partial charge in [-0.1, -0.05) is 60.7 Å². The number of amides is 2. The van der Waals surface area contributed by atoms with Crippen LogP contribution in [0.5, 0.6) is 0 Å². The molecule has 0 aliphatic carbocycles. The lowest BCUT2D eigenvalue weighted by Crippen LogP contribution is -2.50. The Morgan fingerprint density at radius 2 is 1.58 bits per heavy atom. The number of amidine groups is 1. The highest BCUT2D eigenvalue weighted by Gasteiger charge is 2.42. The summed E-state index contributed by atoms with van der Waals surface area (Å²) in [6, 6.07) is 17.0. The zero-order chi connectivity index (χ0) is 22.4. The maximum absolute atomic E-state index is 13.4. The number of nitrogens with zero attached hydrogens (tertiary/aromatic N) is 2. The van der Waals surface area contributed by atoms with Crippen LogP contribution in [0.4, 0.5) is 4.79 Å². The van der Waals surface area contributed by atoms with E-state index in [1.807, 2.05) is 55.5 Å². The molecule has 8 nitrogen and oxygen atoms in total. The normalized spacial score (nSPS) is 16.8. The van der Waals surface area contributed by atoms with Crippen LogP contribution in [0.3, 0.4) is 0 Å². The van der Waals surface area contributed by atoms with Crippen LogP contribution < -0.4 is 5.32 Å². The average Bonchev–Trinajstić information content (AvgIpc) is 2.83. The highest BCUT2D eigenvalue weighted by atomic mass is 16.5. The molecule has 8 heteroatoms. The van der Waals surface area contributed by atoms with E-state index in [1.54, 1.807) is 12.1 Å². The number of urea groups is 1. The number of hydrogen-bond donors (Lipinski definition) is 1. The minimum absolute atomic E-state index is 0.00359. The van der Waals surface area contributed by atoms with Crippen LogP contribution in [0.15, 0.2) is 77.1 Å². The second kappa shape index (κ2) is 9.80.